The average molecular weight is 226 g/mol. The van der Waals surface area contributed by atoms with Crippen LogP contribution in [-0.2, 0) is 0 Å². The highest BCUT2D eigenvalue weighted by atomic mass is 16.5. The van der Waals surface area contributed by atoms with Gasteiger partial charge in [0.15, 0.2) is 11.5 Å². The summed E-state index contributed by atoms with van der Waals surface area (Å²) in [5.74, 6) is -1.76. The van der Waals surface area contributed by atoms with Crippen molar-refractivity contribution in [3.05, 3.63) is 23.3 Å². The minimum absolute atomic E-state index is 0.0928. The highest BCUT2D eigenvalue weighted by Gasteiger charge is 2.18. The number of hydrogen-bond donors (Lipinski definition) is 3. The first-order chi connectivity index (χ1) is 7.51. The van der Waals surface area contributed by atoms with Gasteiger partial charge in [-0.25, -0.2) is 4.79 Å². The van der Waals surface area contributed by atoms with Crippen molar-refractivity contribution in [1.82, 2.24) is 0 Å². The predicted octanol–water partition coefficient (Wildman–Crippen LogP) is 1.19. The summed E-state index contributed by atoms with van der Waals surface area (Å²) in [6.07, 6.45) is 0. The molecule has 0 saturated carbocycles. The summed E-state index contributed by atoms with van der Waals surface area (Å²) in [5.41, 5.74) is 0.379. The second-order valence-electron chi connectivity index (χ2n) is 3.51. The quantitative estimate of drug-likeness (QED) is 0.718. The minimum Gasteiger partial charge on any atom is -0.504 e. The Morgan fingerprint density at radius 2 is 2.12 bits per heavy atom. The van der Waals surface area contributed by atoms with Crippen LogP contribution in [0.5, 0.6) is 11.5 Å². The van der Waals surface area contributed by atoms with E-state index in [1.165, 1.54) is 19.2 Å². The number of hydrogen-bond acceptors (Lipinski definition) is 4. The van der Waals surface area contributed by atoms with E-state index >= 15 is 0 Å². The molecule has 0 heterocycles. The van der Waals surface area contributed by atoms with E-state index in [2.05, 4.69) is 0 Å². The third kappa shape index (κ3) is 2.25. The molecule has 0 amide bonds. The number of methoxy groups -OCH3 is 1. The molecule has 0 aliphatic carbocycles. The summed E-state index contributed by atoms with van der Waals surface area (Å²) < 4.78 is 4.88. The third-order valence-corrected chi connectivity index (χ3v) is 2.39. The third-order valence-electron chi connectivity index (χ3n) is 2.39. The standard InChI is InChI=1S/C11H14O5/c1-6(5-12)7-3-8(11(14)15)10(13)9(4-7)16-2/h3-4,6,12-13H,5H2,1-2H3,(H,14,15). The van der Waals surface area contributed by atoms with Crippen molar-refractivity contribution in [1.29, 1.82) is 0 Å². The zero-order valence-corrected chi connectivity index (χ0v) is 9.10. The molecule has 0 aliphatic heterocycles. The van der Waals surface area contributed by atoms with Gasteiger partial charge in [-0.3, -0.25) is 0 Å². The topological polar surface area (TPSA) is 87.0 Å². The van der Waals surface area contributed by atoms with Gasteiger partial charge in [0.2, 0.25) is 0 Å². The monoisotopic (exact) mass is 226 g/mol. The van der Waals surface area contributed by atoms with Crippen LogP contribution in [0.3, 0.4) is 0 Å². The van der Waals surface area contributed by atoms with Gasteiger partial charge in [0.05, 0.1) is 7.11 Å². The average Bonchev–Trinajstić information content (AvgIpc) is 2.27. The minimum atomic E-state index is -1.23. The fourth-order valence-corrected chi connectivity index (χ4v) is 1.34. The summed E-state index contributed by atoms with van der Waals surface area (Å²) in [5, 5.41) is 27.5. The molecule has 16 heavy (non-hydrogen) atoms. The lowest BCUT2D eigenvalue weighted by Gasteiger charge is -2.13. The van der Waals surface area contributed by atoms with Crippen molar-refractivity contribution in [3.63, 3.8) is 0 Å². The van der Waals surface area contributed by atoms with Gasteiger partial charge in [-0.15, -0.1) is 0 Å². The Balaban J connectivity index is 3.34. The molecular weight excluding hydrogens is 212 g/mol. The maximum absolute atomic E-state index is 10.9. The zero-order chi connectivity index (χ0) is 12.3. The van der Waals surface area contributed by atoms with Crippen molar-refractivity contribution < 1.29 is 24.9 Å². The van der Waals surface area contributed by atoms with Crippen molar-refractivity contribution in [2.24, 2.45) is 0 Å². The van der Waals surface area contributed by atoms with Gasteiger partial charge in [-0.2, -0.15) is 0 Å². The van der Waals surface area contributed by atoms with E-state index in [0.29, 0.717) is 5.56 Å². The van der Waals surface area contributed by atoms with Crippen molar-refractivity contribution in [2.75, 3.05) is 13.7 Å². The predicted molar refractivity (Wildman–Crippen MR) is 57.1 cm³/mol. The van der Waals surface area contributed by atoms with E-state index in [1.54, 1.807) is 6.92 Å². The number of aromatic hydroxyl groups is 1. The van der Waals surface area contributed by atoms with Gasteiger partial charge in [0.25, 0.3) is 0 Å². The summed E-state index contributed by atoms with van der Waals surface area (Å²) >= 11 is 0. The lowest BCUT2D eigenvalue weighted by atomic mass is 9.98. The molecule has 5 nitrogen and oxygen atoms in total. The molecule has 0 fully saturated rings. The highest BCUT2D eigenvalue weighted by molar-refractivity contribution is 5.92. The molecule has 0 bridgehead atoms. The van der Waals surface area contributed by atoms with Crippen LogP contribution in [0.1, 0.15) is 28.8 Å². The van der Waals surface area contributed by atoms with Gasteiger partial charge in [0, 0.05) is 12.5 Å². The molecule has 1 aromatic carbocycles. The van der Waals surface area contributed by atoms with Gasteiger partial charge in [0.1, 0.15) is 5.56 Å². The number of aliphatic hydroxyl groups excluding tert-OH is 1. The molecular formula is C11H14O5. The van der Waals surface area contributed by atoms with E-state index < -0.39 is 11.7 Å². The number of carboxylic acids is 1. The van der Waals surface area contributed by atoms with Gasteiger partial charge in [-0.05, 0) is 17.7 Å². The fourth-order valence-electron chi connectivity index (χ4n) is 1.34. The molecule has 0 aliphatic rings. The summed E-state index contributed by atoms with van der Waals surface area (Å²) in [6, 6.07) is 2.85. The number of phenols is 1. The molecule has 3 N–H and O–H groups in total. The molecule has 5 heteroatoms. The van der Waals surface area contributed by atoms with Crippen LogP contribution in [-0.4, -0.2) is 35.0 Å². The molecule has 1 rings (SSSR count). The number of aromatic carboxylic acids is 1. The molecule has 0 aromatic heterocycles. The number of carbonyl (C=O) groups is 1. The van der Waals surface area contributed by atoms with Crippen LogP contribution < -0.4 is 4.74 Å². The normalized spacial score (nSPS) is 12.2. The molecule has 0 saturated heterocycles. The fraction of sp³-hybridized carbons (Fsp3) is 0.364. The Kier molecular flexibility index (Phi) is 3.73. The van der Waals surface area contributed by atoms with Gasteiger partial charge in [-0.1, -0.05) is 6.92 Å². The molecule has 1 aromatic rings. The lowest BCUT2D eigenvalue weighted by molar-refractivity contribution is 0.0692. The maximum Gasteiger partial charge on any atom is 0.339 e. The zero-order valence-electron chi connectivity index (χ0n) is 9.10. The maximum atomic E-state index is 10.9. The Labute approximate surface area is 92.9 Å². The number of benzene rings is 1. The van der Waals surface area contributed by atoms with Gasteiger partial charge >= 0.3 is 5.97 Å². The van der Waals surface area contributed by atoms with Crippen molar-refractivity contribution in [2.45, 2.75) is 12.8 Å². The molecule has 0 radical (unpaired) electrons. The first-order valence-corrected chi connectivity index (χ1v) is 4.76. The summed E-state index contributed by atoms with van der Waals surface area (Å²) in [4.78, 5) is 10.9. The number of carboxylic acid groups (broad SMARTS) is 1. The van der Waals surface area contributed by atoms with Crippen LogP contribution in [0.2, 0.25) is 0 Å². The van der Waals surface area contributed by atoms with Crippen molar-refractivity contribution in [3.8, 4) is 11.5 Å². The second kappa shape index (κ2) is 4.85. The van der Waals surface area contributed by atoms with Crippen LogP contribution in [0.4, 0.5) is 0 Å². The van der Waals surface area contributed by atoms with E-state index in [4.69, 9.17) is 14.9 Å². The van der Waals surface area contributed by atoms with E-state index in [9.17, 15) is 9.90 Å². The molecule has 1 atom stereocenters. The number of ether oxygens (including phenoxy) is 1. The largest absolute Gasteiger partial charge is 0.504 e. The smallest absolute Gasteiger partial charge is 0.339 e. The Morgan fingerprint density at radius 3 is 2.56 bits per heavy atom. The highest BCUT2D eigenvalue weighted by Crippen LogP contribution is 2.33. The van der Waals surface area contributed by atoms with Gasteiger partial charge < -0.3 is 20.1 Å². The SMILES string of the molecule is COc1cc(C(C)CO)cc(C(=O)O)c1O. The number of aliphatic hydroxyl groups is 1. The summed E-state index contributed by atoms with van der Waals surface area (Å²) in [7, 11) is 1.34. The van der Waals surface area contributed by atoms with Crippen LogP contribution in [0.15, 0.2) is 12.1 Å². The summed E-state index contributed by atoms with van der Waals surface area (Å²) in [6.45, 7) is 1.64. The Hall–Kier alpha value is -1.75. The van der Waals surface area contributed by atoms with Crippen molar-refractivity contribution >= 4 is 5.97 Å². The Morgan fingerprint density at radius 1 is 1.50 bits per heavy atom. The second-order valence-corrected chi connectivity index (χ2v) is 3.51. The lowest BCUT2D eigenvalue weighted by Crippen LogP contribution is -2.04. The molecule has 88 valence electrons. The first-order valence-electron chi connectivity index (χ1n) is 4.76. The van der Waals surface area contributed by atoms with Crippen LogP contribution in [0, 0.1) is 0 Å². The molecule has 0 spiro atoms. The van der Waals surface area contributed by atoms with E-state index in [1.807, 2.05) is 0 Å². The Bertz CT molecular complexity index is 400. The van der Waals surface area contributed by atoms with E-state index in [-0.39, 0.29) is 23.8 Å². The van der Waals surface area contributed by atoms with E-state index in [0.717, 1.165) is 0 Å². The first kappa shape index (κ1) is 12.3. The van der Waals surface area contributed by atoms with Crippen LogP contribution in [0.25, 0.3) is 0 Å². The molecule has 1 unspecified atom stereocenters. The number of rotatable bonds is 4. The van der Waals surface area contributed by atoms with Crippen LogP contribution >= 0.6 is 0 Å².